The van der Waals surface area contributed by atoms with E-state index in [2.05, 4.69) is 99.8 Å². The Morgan fingerprint density at radius 1 is 0.974 bits per heavy atom. The number of hydrogen-bond acceptors (Lipinski definition) is 4. The van der Waals surface area contributed by atoms with Crippen LogP contribution in [0.3, 0.4) is 0 Å². The van der Waals surface area contributed by atoms with E-state index >= 15 is 0 Å². The molecule has 3 aliphatic rings. The Labute approximate surface area is 236 Å². The lowest BCUT2D eigenvalue weighted by Gasteiger charge is -2.66. The molecule has 0 heterocycles. The summed E-state index contributed by atoms with van der Waals surface area (Å²) in [5, 5.41) is 25.6. The van der Waals surface area contributed by atoms with Crippen molar-refractivity contribution in [1.82, 2.24) is 0 Å². The number of hydrogen-bond donors (Lipinski definition) is 2. The number of rotatable bonds is 9. The summed E-state index contributed by atoms with van der Waals surface area (Å²) in [6.07, 6.45) is 12.0. The average Bonchev–Trinajstić information content (AvgIpc) is 3.18. The smallest absolute Gasteiger partial charge is 0.192 e. The first-order valence-electron chi connectivity index (χ1n) is 15.3. The van der Waals surface area contributed by atoms with E-state index in [0.29, 0.717) is 19.6 Å². The fraction of sp³-hybridized carbons (Fsp3) is 0.875. The van der Waals surface area contributed by atoms with E-state index in [1.54, 1.807) is 0 Å². The number of aliphatic hydroxyl groups is 2. The van der Waals surface area contributed by atoms with Gasteiger partial charge in [-0.25, -0.2) is 0 Å². The summed E-state index contributed by atoms with van der Waals surface area (Å²) in [6.45, 7) is 28.1. The lowest BCUT2D eigenvalue weighted by atomic mass is 9.43. The van der Waals surface area contributed by atoms with Crippen LogP contribution >= 0.6 is 0 Å². The first-order chi connectivity index (χ1) is 17.2. The van der Waals surface area contributed by atoms with Gasteiger partial charge in [-0.2, -0.15) is 0 Å². The molecule has 0 saturated heterocycles. The minimum Gasteiger partial charge on any atom is -0.416 e. The Balaban J connectivity index is 2.25. The highest BCUT2D eigenvalue weighted by Gasteiger charge is 2.72. The monoisotopic (exact) mass is 564 g/mol. The van der Waals surface area contributed by atoms with Crippen LogP contribution < -0.4 is 0 Å². The molecule has 220 valence electrons. The van der Waals surface area contributed by atoms with Gasteiger partial charge in [0.2, 0.25) is 0 Å². The maximum atomic E-state index is 12.9. The van der Waals surface area contributed by atoms with E-state index in [4.69, 9.17) is 8.85 Å². The fourth-order valence-corrected chi connectivity index (χ4v) is 8.95. The van der Waals surface area contributed by atoms with E-state index in [9.17, 15) is 10.2 Å². The van der Waals surface area contributed by atoms with Gasteiger partial charge < -0.3 is 19.1 Å². The largest absolute Gasteiger partial charge is 0.416 e. The number of aliphatic hydroxyl groups excluding tert-OH is 1. The molecule has 2 N–H and O–H groups in total. The zero-order valence-electron chi connectivity index (χ0n) is 26.8. The van der Waals surface area contributed by atoms with Crippen LogP contribution in [0.1, 0.15) is 93.9 Å². The van der Waals surface area contributed by atoms with E-state index < -0.39 is 39.2 Å². The molecule has 0 spiro atoms. The van der Waals surface area contributed by atoms with Crippen molar-refractivity contribution in [2.75, 3.05) is 13.2 Å². The zero-order chi connectivity index (χ0) is 29.0. The average molecular weight is 565 g/mol. The Kier molecular flexibility index (Phi) is 8.95. The highest BCUT2D eigenvalue weighted by atomic mass is 28.4. The van der Waals surface area contributed by atoms with Crippen LogP contribution in [-0.2, 0) is 8.85 Å². The molecule has 3 aliphatic carbocycles. The molecule has 1 saturated carbocycles. The molecule has 0 aromatic carbocycles. The standard InChI is InChI=1S/C32H60O4Si2/c1-13-14-16-25-21-24(2)30(22-35-37(9,10)28(3,4)5)20-18-26-17-15-19-32(26,34)31(30,27(25)33)23-36-38(11,12)29(6,7)8/h18,20-21,25-27,33-34H,13-17,19,22-23H2,1-12H3/t25-,26+,27-,30-,31-,32+/m1/s1. The van der Waals surface area contributed by atoms with Crippen molar-refractivity contribution in [2.45, 2.75) is 142 Å². The van der Waals surface area contributed by atoms with Gasteiger partial charge in [-0.1, -0.05) is 85.1 Å². The number of unbranched alkanes of at least 4 members (excludes halogenated alkanes) is 1. The quantitative estimate of drug-likeness (QED) is 0.219. The van der Waals surface area contributed by atoms with Gasteiger partial charge in [-0.15, -0.1) is 0 Å². The molecular weight excluding hydrogens is 505 g/mol. The minimum absolute atomic E-state index is 0.00994. The van der Waals surface area contributed by atoms with Crippen molar-refractivity contribution < 1.29 is 19.1 Å². The summed E-state index contributed by atoms with van der Waals surface area (Å²) in [4.78, 5) is 0. The highest BCUT2D eigenvalue weighted by molar-refractivity contribution is 6.74. The first kappa shape index (κ1) is 32.3. The van der Waals surface area contributed by atoms with Gasteiger partial charge in [0.15, 0.2) is 16.6 Å². The van der Waals surface area contributed by atoms with Crippen molar-refractivity contribution in [3.8, 4) is 0 Å². The predicted molar refractivity (Wildman–Crippen MR) is 165 cm³/mol. The second kappa shape index (κ2) is 10.5. The van der Waals surface area contributed by atoms with E-state index in [0.717, 1.165) is 32.1 Å². The zero-order valence-corrected chi connectivity index (χ0v) is 28.8. The second-order valence-electron chi connectivity index (χ2n) is 15.9. The Hall–Kier alpha value is -0.246. The molecule has 0 amide bonds. The molecule has 0 radical (unpaired) electrons. The van der Waals surface area contributed by atoms with Gasteiger partial charge in [-0.05, 0) is 68.9 Å². The maximum Gasteiger partial charge on any atom is 0.192 e. The maximum absolute atomic E-state index is 12.9. The van der Waals surface area contributed by atoms with E-state index in [1.165, 1.54) is 5.57 Å². The third-order valence-electron chi connectivity index (χ3n) is 11.8. The molecule has 4 nitrogen and oxygen atoms in total. The van der Waals surface area contributed by atoms with Crippen molar-refractivity contribution in [2.24, 2.45) is 22.7 Å². The first-order valence-corrected chi connectivity index (χ1v) is 21.1. The normalized spacial score (nSPS) is 36.2. The molecule has 0 unspecified atom stereocenters. The van der Waals surface area contributed by atoms with Gasteiger partial charge >= 0.3 is 0 Å². The molecule has 0 aliphatic heterocycles. The summed E-state index contributed by atoms with van der Waals surface area (Å²) in [5.74, 6) is 0.0506. The fourth-order valence-electron chi connectivity index (χ4n) is 6.90. The molecule has 0 aromatic heterocycles. The molecule has 6 heteroatoms. The van der Waals surface area contributed by atoms with Crippen LogP contribution in [0.5, 0.6) is 0 Å². The third kappa shape index (κ3) is 5.02. The summed E-state index contributed by atoms with van der Waals surface area (Å²) < 4.78 is 14.1. The van der Waals surface area contributed by atoms with Gasteiger partial charge in [0.05, 0.1) is 17.1 Å². The van der Waals surface area contributed by atoms with Crippen LogP contribution in [0, 0.1) is 22.7 Å². The summed E-state index contributed by atoms with van der Waals surface area (Å²) >= 11 is 0. The van der Waals surface area contributed by atoms with Crippen molar-refractivity contribution in [1.29, 1.82) is 0 Å². The second-order valence-corrected chi connectivity index (χ2v) is 25.5. The van der Waals surface area contributed by atoms with Crippen LogP contribution in [0.25, 0.3) is 0 Å². The topological polar surface area (TPSA) is 58.9 Å². The Morgan fingerprint density at radius 3 is 2.05 bits per heavy atom. The molecule has 0 aromatic rings. The van der Waals surface area contributed by atoms with Crippen molar-refractivity contribution in [3.63, 3.8) is 0 Å². The van der Waals surface area contributed by atoms with Gasteiger partial charge in [0.25, 0.3) is 0 Å². The molecule has 1 fully saturated rings. The van der Waals surface area contributed by atoms with E-state index in [-0.39, 0.29) is 21.9 Å². The van der Waals surface area contributed by atoms with Crippen LogP contribution in [0.15, 0.2) is 23.8 Å². The van der Waals surface area contributed by atoms with Crippen LogP contribution in [-0.4, -0.2) is 51.8 Å². The van der Waals surface area contributed by atoms with Crippen molar-refractivity contribution in [3.05, 3.63) is 23.8 Å². The van der Waals surface area contributed by atoms with Gasteiger partial charge in [0.1, 0.15) is 0 Å². The van der Waals surface area contributed by atoms with Crippen molar-refractivity contribution >= 4 is 16.6 Å². The summed E-state index contributed by atoms with van der Waals surface area (Å²) in [7, 11) is -4.26. The lowest BCUT2D eigenvalue weighted by molar-refractivity contribution is -0.238. The molecule has 0 bridgehead atoms. The molecule has 38 heavy (non-hydrogen) atoms. The van der Waals surface area contributed by atoms with E-state index in [1.807, 2.05) is 0 Å². The third-order valence-corrected chi connectivity index (χ3v) is 20.7. The van der Waals surface area contributed by atoms with Gasteiger partial charge in [-0.3, -0.25) is 0 Å². The Bertz CT molecular complexity index is 911. The minimum atomic E-state index is -2.17. The van der Waals surface area contributed by atoms with Crippen LogP contribution in [0.2, 0.25) is 36.3 Å². The molecule has 3 rings (SSSR count). The molecular formula is C32H60O4Si2. The predicted octanol–water partition coefficient (Wildman–Crippen LogP) is 8.23. The van der Waals surface area contributed by atoms with Gasteiger partial charge in [0, 0.05) is 30.5 Å². The number of fused-ring (bicyclic) bond motifs is 3. The summed E-state index contributed by atoms with van der Waals surface area (Å²) in [5.41, 5.74) is -1.26. The lowest BCUT2D eigenvalue weighted by Crippen LogP contribution is -2.73. The SMILES string of the molecule is CCCC[C@@H]1C=C(C)[C@]2(CO[Si](C)(C)C(C)(C)C)C=C[C@@H]3CCC[C@@]3(O)[C@]2(CO[Si](C)(C)C(C)(C)C)[C@@H]1O. The summed E-state index contributed by atoms with van der Waals surface area (Å²) in [6, 6.07) is 0. The molecule has 6 atom stereocenters. The highest BCUT2D eigenvalue weighted by Crippen LogP contribution is 2.67. The van der Waals surface area contributed by atoms with Crippen LogP contribution in [0.4, 0.5) is 0 Å². The Morgan fingerprint density at radius 2 is 1.53 bits per heavy atom.